The van der Waals surface area contributed by atoms with E-state index in [0.29, 0.717) is 8.68 Å². The third kappa shape index (κ3) is 8.08. The zero-order valence-corrected chi connectivity index (χ0v) is 20.9. The number of benzene rings is 2. The van der Waals surface area contributed by atoms with Crippen molar-refractivity contribution in [3.63, 3.8) is 0 Å². The van der Waals surface area contributed by atoms with E-state index in [4.69, 9.17) is 0 Å². The zero-order chi connectivity index (χ0) is 22.1. The number of hydrogen-bond acceptors (Lipinski definition) is 9. The average molecular weight is 509 g/mol. The van der Waals surface area contributed by atoms with Gasteiger partial charge in [0.1, 0.15) is 0 Å². The van der Waals surface area contributed by atoms with Gasteiger partial charge >= 0.3 is 0 Å². The molecule has 2 amide bonds. The van der Waals surface area contributed by atoms with Crippen molar-refractivity contribution in [2.24, 2.45) is 0 Å². The Hall–Kier alpha value is -1.66. The molecule has 2 aromatic carbocycles. The minimum atomic E-state index is -0.0977. The van der Waals surface area contributed by atoms with Crippen molar-refractivity contribution in [2.45, 2.75) is 18.5 Å². The molecule has 3 rings (SSSR count). The Balaban J connectivity index is 1.42. The minimum absolute atomic E-state index is 0.0977. The maximum atomic E-state index is 12.2. The number of thioether (sulfide) groups is 4. The second kappa shape index (κ2) is 12.4. The third-order valence-electron chi connectivity index (χ3n) is 3.75. The summed E-state index contributed by atoms with van der Waals surface area (Å²) in [4.78, 5) is 26.6. The lowest BCUT2D eigenvalue weighted by molar-refractivity contribution is -0.114. The van der Waals surface area contributed by atoms with Gasteiger partial charge in [-0.05, 0) is 48.9 Å². The highest BCUT2D eigenvalue weighted by atomic mass is 32.2. The Kier molecular flexibility index (Phi) is 9.59. The van der Waals surface area contributed by atoms with Crippen molar-refractivity contribution in [1.29, 1.82) is 0 Å². The number of hydrogen-bond donors (Lipinski definition) is 2. The monoisotopic (exact) mass is 508 g/mol. The molecule has 0 spiro atoms. The van der Waals surface area contributed by atoms with Gasteiger partial charge in [-0.1, -0.05) is 47.0 Å². The lowest BCUT2D eigenvalue weighted by atomic mass is 10.3. The molecule has 2 N–H and O–H groups in total. The van der Waals surface area contributed by atoms with E-state index in [0.717, 1.165) is 21.2 Å². The number of carbonyl (C=O) groups is 2. The smallest absolute Gasteiger partial charge is 0.234 e. The first-order valence-electron chi connectivity index (χ1n) is 9.02. The van der Waals surface area contributed by atoms with Crippen LogP contribution in [0.1, 0.15) is 0 Å². The van der Waals surface area contributed by atoms with Gasteiger partial charge < -0.3 is 10.6 Å². The Morgan fingerprint density at radius 2 is 1.26 bits per heavy atom. The summed E-state index contributed by atoms with van der Waals surface area (Å²) in [6.45, 7) is 0. The molecule has 162 valence electrons. The van der Waals surface area contributed by atoms with Crippen molar-refractivity contribution in [1.82, 2.24) is 10.2 Å². The van der Waals surface area contributed by atoms with Gasteiger partial charge in [-0.25, -0.2) is 0 Å². The highest BCUT2D eigenvalue weighted by Crippen LogP contribution is 2.29. The van der Waals surface area contributed by atoms with E-state index >= 15 is 0 Å². The van der Waals surface area contributed by atoms with Crippen LogP contribution < -0.4 is 10.6 Å². The van der Waals surface area contributed by atoms with Gasteiger partial charge in [0.15, 0.2) is 8.68 Å². The van der Waals surface area contributed by atoms with Crippen molar-refractivity contribution in [3.05, 3.63) is 48.5 Å². The molecule has 0 aliphatic carbocycles. The zero-order valence-electron chi connectivity index (χ0n) is 16.8. The number of nitrogens with one attached hydrogen (secondary N) is 2. The van der Waals surface area contributed by atoms with Crippen LogP contribution in [-0.4, -0.2) is 46.0 Å². The van der Waals surface area contributed by atoms with E-state index in [9.17, 15) is 9.59 Å². The molecule has 11 heteroatoms. The Morgan fingerprint density at radius 1 is 0.806 bits per heavy atom. The summed E-state index contributed by atoms with van der Waals surface area (Å²) in [5.41, 5.74) is 1.56. The highest BCUT2D eigenvalue weighted by Gasteiger charge is 2.11. The van der Waals surface area contributed by atoms with Crippen molar-refractivity contribution in [3.8, 4) is 0 Å². The first-order valence-corrected chi connectivity index (χ1v) is 14.3. The standard InChI is InChI=1S/C20H20N4O2S5/c1-27-15-7-3-5-13(9-15)21-17(25)11-29-19-23-24-20(31-19)30-12-18(26)22-14-6-4-8-16(10-14)28-2/h3-10H,11-12H2,1-2H3,(H,21,25)(H,22,26). The molecule has 1 heterocycles. The Morgan fingerprint density at radius 3 is 1.68 bits per heavy atom. The summed E-state index contributed by atoms with van der Waals surface area (Å²) in [5.74, 6) is 0.295. The molecule has 0 aliphatic rings. The van der Waals surface area contributed by atoms with Crippen LogP contribution in [0.5, 0.6) is 0 Å². The molecule has 0 aliphatic heterocycles. The topological polar surface area (TPSA) is 84.0 Å². The minimum Gasteiger partial charge on any atom is -0.325 e. The number of amides is 2. The quantitative estimate of drug-likeness (QED) is 0.350. The van der Waals surface area contributed by atoms with Crippen LogP contribution in [0.25, 0.3) is 0 Å². The van der Waals surface area contributed by atoms with Gasteiger partial charge in [0, 0.05) is 21.2 Å². The SMILES string of the molecule is CSc1cccc(NC(=O)CSc2nnc(SCC(=O)Nc3cccc(SC)c3)s2)c1. The average Bonchev–Trinajstić information content (AvgIpc) is 3.24. The number of anilines is 2. The molecule has 0 unspecified atom stereocenters. The summed E-state index contributed by atoms with van der Waals surface area (Å²) in [5, 5.41) is 14.0. The molecular formula is C20H20N4O2S5. The second-order valence-corrected chi connectivity index (χ2v) is 11.2. The Labute approximate surface area is 202 Å². The lowest BCUT2D eigenvalue weighted by Crippen LogP contribution is -2.13. The van der Waals surface area contributed by atoms with Crippen molar-refractivity contribution in [2.75, 3.05) is 34.7 Å². The van der Waals surface area contributed by atoms with E-state index in [2.05, 4.69) is 20.8 Å². The molecule has 0 bridgehead atoms. The molecule has 0 saturated heterocycles. The molecule has 0 radical (unpaired) electrons. The number of nitrogens with zero attached hydrogens (tertiary/aromatic N) is 2. The molecular weight excluding hydrogens is 489 g/mol. The predicted molar refractivity (Wildman–Crippen MR) is 135 cm³/mol. The molecule has 0 fully saturated rings. The third-order valence-corrected chi connectivity index (χ3v) is 8.39. The maximum absolute atomic E-state index is 12.2. The number of rotatable bonds is 10. The van der Waals surface area contributed by atoms with Crippen LogP contribution >= 0.6 is 58.4 Å². The van der Waals surface area contributed by atoms with E-state index < -0.39 is 0 Å². The van der Waals surface area contributed by atoms with E-state index in [-0.39, 0.29) is 23.3 Å². The normalized spacial score (nSPS) is 10.6. The number of aromatic nitrogens is 2. The fraction of sp³-hybridized carbons (Fsp3) is 0.200. The fourth-order valence-corrected chi connectivity index (χ4v) is 5.90. The number of carbonyl (C=O) groups excluding carboxylic acids is 2. The first kappa shape index (κ1) is 24.0. The van der Waals surface area contributed by atoms with Gasteiger partial charge in [-0.3, -0.25) is 9.59 Å². The van der Waals surface area contributed by atoms with Crippen LogP contribution in [0.3, 0.4) is 0 Å². The van der Waals surface area contributed by atoms with Crippen molar-refractivity contribution >= 4 is 81.6 Å². The summed E-state index contributed by atoms with van der Waals surface area (Å²) < 4.78 is 1.40. The molecule has 6 nitrogen and oxygen atoms in total. The first-order chi connectivity index (χ1) is 15.1. The molecule has 0 saturated carbocycles. The van der Waals surface area contributed by atoms with Crippen LogP contribution in [0.15, 0.2) is 67.0 Å². The summed E-state index contributed by atoms with van der Waals surface area (Å²) in [6, 6.07) is 15.4. The Bertz CT molecular complexity index is 964. The van der Waals surface area contributed by atoms with E-state index in [1.165, 1.54) is 34.9 Å². The highest BCUT2D eigenvalue weighted by molar-refractivity contribution is 8.03. The van der Waals surface area contributed by atoms with E-state index in [1.54, 1.807) is 23.5 Å². The second-order valence-electron chi connectivity index (χ2n) is 5.97. The summed E-state index contributed by atoms with van der Waals surface area (Å²) >= 11 is 7.29. The van der Waals surface area contributed by atoms with Crippen LogP contribution in [0, 0.1) is 0 Å². The largest absolute Gasteiger partial charge is 0.325 e. The van der Waals surface area contributed by atoms with E-state index in [1.807, 2.05) is 61.0 Å². The van der Waals surface area contributed by atoms with Gasteiger partial charge in [0.05, 0.1) is 11.5 Å². The van der Waals surface area contributed by atoms with Gasteiger partial charge in [-0.15, -0.1) is 33.7 Å². The lowest BCUT2D eigenvalue weighted by Gasteiger charge is -2.05. The maximum Gasteiger partial charge on any atom is 0.234 e. The van der Waals surface area contributed by atoms with Gasteiger partial charge in [-0.2, -0.15) is 0 Å². The molecule has 1 aromatic heterocycles. The van der Waals surface area contributed by atoms with Gasteiger partial charge in [0.2, 0.25) is 11.8 Å². The van der Waals surface area contributed by atoms with Crippen LogP contribution in [0.2, 0.25) is 0 Å². The van der Waals surface area contributed by atoms with Crippen LogP contribution in [0.4, 0.5) is 11.4 Å². The fourth-order valence-electron chi connectivity index (χ4n) is 2.36. The van der Waals surface area contributed by atoms with Gasteiger partial charge in [0.25, 0.3) is 0 Å². The van der Waals surface area contributed by atoms with Crippen LogP contribution in [-0.2, 0) is 9.59 Å². The van der Waals surface area contributed by atoms with Crippen molar-refractivity contribution < 1.29 is 9.59 Å². The summed E-state index contributed by atoms with van der Waals surface area (Å²) in [7, 11) is 0. The predicted octanol–water partition coefficient (Wildman–Crippen LogP) is 5.44. The molecule has 31 heavy (non-hydrogen) atoms. The summed E-state index contributed by atoms with van der Waals surface area (Å²) in [6.07, 6.45) is 3.99. The molecule has 0 atom stereocenters. The molecule has 3 aromatic rings.